The summed E-state index contributed by atoms with van der Waals surface area (Å²) in [4.78, 5) is 12.8. The summed E-state index contributed by atoms with van der Waals surface area (Å²) in [6.07, 6.45) is 3.11. The molecule has 0 heterocycles. The zero-order valence-electron chi connectivity index (χ0n) is 19.4. The van der Waals surface area contributed by atoms with Crippen LogP contribution in [0.2, 0.25) is 5.02 Å². The van der Waals surface area contributed by atoms with Crippen LogP contribution in [0.25, 0.3) is 0 Å². The van der Waals surface area contributed by atoms with Gasteiger partial charge in [0, 0.05) is 5.02 Å². The first kappa shape index (κ1) is 26.0. The van der Waals surface area contributed by atoms with E-state index in [-0.39, 0.29) is 4.90 Å². The number of anilines is 1. The first-order valence-electron chi connectivity index (χ1n) is 10.7. The average molecular weight is 512 g/mol. The molecule has 0 aliphatic rings. The van der Waals surface area contributed by atoms with Crippen LogP contribution in [0.1, 0.15) is 16.7 Å². The molecule has 0 fully saturated rings. The van der Waals surface area contributed by atoms with Gasteiger partial charge in [0.25, 0.3) is 15.9 Å². The molecule has 1 amide bonds. The molecular weight excluding hydrogens is 486 g/mol. The fourth-order valence-corrected chi connectivity index (χ4v) is 4.90. The summed E-state index contributed by atoms with van der Waals surface area (Å²) >= 11 is 6.06. The summed E-state index contributed by atoms with van der Waals surface area (Å²) < 4.78 is 33.4. The highest BCUT2D eigenvalue weighted by Crippen LogP contribution is 2.29. The molecule has 3 aromatic carbocycles. The fourth-order valence-electron chi connectivity index (χ4n) is 3.19. The van der Waals surface area contributed by atoms with Crippen molar-refractivity contribution in [2.24, 2.45) is 5.10 Å². The summed E-state index contributed by atoms with van der Waals surface area (Å²) in [5.74, 6) is 0.0820. The predicted molar refractivity (Wildman–Crippen MR) is 140 cm³/mol. The van der Waals surface area contributed by atoms with Crippen molar-refractivity contribution in [3.05, 3.63) is 101 Å². The standard InChI is InChI=1S/C26H26ClN3O4S/c1-4-15-34-23-10-7-21(8-11-23)17-28-29-26(31)18-30(25-14-9-22(27)16-20(25)3)35(32,33)24-12-5-19(2)6-13-24/h4-14,16-17H,1,15,18H2,2-3H3,(H,29,31)/b28-17-. The first-order chi connectivity index (χ1) is 16.7. The molecule has 35 heavy (non-hydrogen) atoms. The van der Waals surface area contributed by atoms with Gasteiger partial charge in [0.15, 0.2) is 0 Å². The van der Waals surface area contributed by atoms with Crippen molar-refractivity contribution in [3.63, 3.8) is 0 Å². The van der Waals surface area contributed by atoms with Gasteiger partial charge in [0.05, 0.1) is 16.8 Å². The third-order valence-corrected chi connectivity index (χ3v) is 6.98. The van der Waals surface area contributed by atoms with Crippen LogP contribution in [0.3, 0.4) is 0 Å². The van der Waals surface area contributed by atoms with E-state index in [0.717, 1.165) is 15.4 Å². The Morgan fingerprint density at radius 2 is 1.77 bits per heavy atom. The van der Waals surface area contributed by atoms with Gasteiger partial charge in [-0.1, -0.05) is 42.0 Å². The summed E-state index contributed by atoms with van der Waals surface area (Å²) in [5, 5.41) is 4.43. The van der Waals surface area contributed by atoms with E-state index < -0.39 is 22.5 Å². The molecule has 182 valence electrons. The normalized spacial score (nSPS) is 11.3. The van der Waals surface area contributed by atoms with E-state index in [1.165, 1.54) is 18.3 Å². The van der Waals surface area contributed by atoms with Gasteiger partial charge in [-0.05, 0) is 79.6 Å². The number of benzene rings is 3. The Morgan fingerprint density at radius 3 is 2.40 bits per heavy atom. The van der Waals surface area contributed by atoms with E-state index in [4.69, 9.17) is 16.3 Å². The number of carbonyl (C=O) groups is 1. The van der Waals surface area contributed by atoms with Gasteiger partial charge in [-0.15, -0.1) is 0 Å². The smallest absolute Gasteiger partial charge is 0.264 e. The van der Waals surface area contributed by atoms with Crippen molar-refractivity contribution >= 4 is 39.4 Å². The second-order valence-electron chi connectivity index (χ2n) is 7.72. The number of rotatable bonds is 10. The molecule has 0 bridgehead atoms. The van der Waals surface area contributed by atoms with Crippen LogP contribution in [0, 0.1) is 13.8 Å². The molecule has 7 nitrogen and oxygen atoms in total. The van der Waals surface area contributed by atoms with E-state index in [9.17, 15) is 13.2 Å². The maximum Gasteiger partial charge on any atom is 0.264 e. The van der Waals surface area contributed by atoms with Gasteiger partial charge in [0.1, 0.15) is 18.9 Å². The third-order valence-electron chi connectivity index (χ3n) is 4.97. The molecule has 0 radical (unpaired) electrons. The van der Waals surface area contributed by atoms with Crippen molar-refractivity contribution in [3.8, 4) is 5.75 Å². The van der Waals surface area contributed by atoms with Crippen LogP contribution in [-0.2, 0) is 14.8 Å². The summed E-state index contributed by atoms with van der Waals surface area (Å²) in [7, 11) is -4.03. The molecule has 0 saturated heterocycles. The molecule has 0 aliphatic heterocycles. The van der Waals surface area contributed by atoms with Crippen LogP contribution in [0.5, 0.6) is 5.75 Å². The maximum absolute atomic E-state index is 13.5. The topological polar surface area (TPSA) is 88.1 Å². The molecule has 0 atom stereocenters. The number of hydrogen-bond donors (Lipinski definition) is 1. The van der Waals surface area contributed by atoms with Gasteiger partial charge in [-0.25, -0.2) is 13.8 Å². The van der Waals surface area contributed by atoms with Crippen LogP contribution in [-0.4, -0.2) is 33.7 Å². The van der Waals surface area contributed by atoms with Crippen LogP contribution < -0.4 is 14.5 Å². The van der Waals surface area contributed by atoms with Crippen molar-refractivity contribution < 1.29 is 17.9 Å². The molecule has 0 aliphatic carbocycles. The highest BCUT2D eigenvalue weighted by Gasteiger charge is 2.28. The Hall–Kier alpha value is -3.62. The average Bonchev–Trinajstić information content (AvgIpc) is 2.83. The van der Waals surface area contributed by atoms with Gasteiger partial charge in [-0.3, -0.25) is 9.10 Å². The second-order valence-corrected chi connectivity index (χ2v) is 10.0. The SMILES string of the molecule is C=CCOc1ccc(/C=N\NC(=O)CN(c2ccc(Cl)cc2C)S(=O)(=O)c2ccc(C)cc2)cc1. The second kappa shape index (κ2) is 11.7. The fraction of sp³-hybridized carbons (Fsp3) is 0.154. The Morgan fingerprint density at radius 1 is 1.09 bits per heavy atom. The highest BCUT2D eigenvalue weighted by molar-refractivity contribution is 7.92. The van der Waals surface area contributed by atoms with E-state index in [1.54, 1.807) is 67.6 Å². The highest BCUT2D eigenvalue weighted by atomic mass is 35.5. The van der Waals surface area contributed by atoms with Crippen molar-refractivity contribution in [2.45, 2.75) is 18.7 Å². The molecule has 0 saturated carbocycles. The lowest BCUT2D eigenvalue weighted by Gasteiger charge is -2.25. The molecule has 0 aromatic heterocycles. The molecule has 3 aromatic rings. The zero-order chi connectivity index (χ0) is 25.4. The molecule has 0 unspecified atom stereocenters. The van der Waals surface area contributed by atoms with E-state index in [0.29, 0.717) is 28.6 Å². The van der Waals surface area contributed by atoms with Crippen LogP contribution >= 0.6 is 11.6 Å². The van der Waals surface area contributed by atoms with Crippen LogP contribution in [0.15, 0.2) is 89.4 Å². The Bertz CT molecular complexity index is 1320. The van der Waals surface area contributed by atoms with E-state index in [2.05, 4.69) is 17.1 Å². The number of aryl methyl sites for hydroxylation is 2. The van der Waals surface area contributed by atoms with Crippen LogP contribution in [0.4, 0.5) is 5.69 Å². The summed E-state index contributed by atoms with van der Waals surface area (Å²) in [6.45, 7) is 7.13. The minimum atomic E-state index is -4.03. The first-order valence-corrected chi connectivity index (χ1v) is 12.5. The quantitative estimate of drug-likeness (QED) is 0.239. The van der Waals surface area contributed by atoms with Gasteiger partial charge >= 0.3 is 0 Å². The number of halogens is 1. The Balaban J connectivity index is 1.79. The summed E-state index contributed by atoms with van der Waals surface area (Å²) in [6, 6.07) is 18.3. The Labute approximate surface area is 210 Å². The summed E-state index contributed by atoms with van der Waals surface area (Å²) in [5.41, 5.74) is 5.02. The number of hydrogen-bond acceptors (Lipinski definition) is 5. The minimum Gasteiger partial charge on any atom is -0.490 e. The van der Waals surface area contributed by atoms with E-state index in [1.807, 2.05) is 6.92 Å². The number of hydrazone groups is 1. The number of sulfonamides is 1. The molecule has 1 N–H and O–H groups in total. The lowest BCUT2D eigenvalue weighted by atomic mass is 10.2. The largest absolute Gasteiger partial charge is 0.490 e. The maximum atomic E-state index is 13.5. The van der Waals surface area contributed by atoms with Gasteiger partial charge < -0.3 is 4.74 Å². The number of nitrogens with one attached hydrogen (secondary N) is 1. The van der Waals surface area contributed by atoms with E-state index >= 15 is 0 Å². The lowest BCUT2D eigenvalue weighted by molar-refractivity contribution is -0.119. The minimum absolute atomic E-state index is 0.0764. The molecule has 0 spiro atoms. The van der Waals surface area contributed by atoms with Gasteiger partial charge in [0.2, 0.25) is 0 Å². The number of nitrogens with zero attached hydrogens (tertiary/aromatic N) is 2. The molecule has 3 rings (SSSR count). The number of amides is 1. The lowest BCUT2D eigenvalue weighted by Crippen LogP contribution is -2.40. The predicted octanol–water partition coefficient (Wildman–Crippen LogP) is 4.87. The molecule has 9 heteroatoms. The van der Waals surface area contributed by atoms with Crippen molar-refractivity contribution in [2.75, 3.05) is 17.5 Å². The van der Waals surface area contributed by atoms with Gasteiger partial charge in [-0.2, -0.15) is 5.10 Å². The Kier molecular flexibility index (Phi) is 8.68. The molecular formula is C26H26ClN3O4S. The number of ether oxygens (including phenoxy) is 1. The third kappa shape index (κ3) is 6.94. The van der Waals surface area contributed by atoms with Crippen molar-refractivity contribution in [1.82, 2.24) is 5.43 Å². The monoisotopic (exact) mass is 511 g/mol. The van der Waals surface area contributed by atoms with Crippen molar-refractivity contribution in [1.29, 1.82) is 0 Å². The number of carbonyl (C=O) groups excluding carboxylic acids is 1. The zero-order valence-corrected chi connectivity index (χ0v) is 21.0.